The number of anilines is 1. The molecule has 1 aromatic carbocycles. The molecule has 1 aliphatic rings. The van der Waals surface area contributed by atoms with Crippen LogP contribution in [0.15, 0.2) is 18.2 Å². The van der Waals surface area contributed by atoms with Gasteiger partial charge in [-0.05, 0) is 49.3 Å². The lowest BCUT2D eigenvalue weighted by atomic mass is 9.80. The molecule has 1 aromatic rings. The molecular weight excluding hydrogens is 274 g/mol. The van der Waals surface area contributed by atoms with Gasteiger partial charge in [-0.2, -0.15) is 0 Å². The van der Waals surface area contributed by atoms with Crippen molar-refractivity contribution in [2.75, 3.05) is 12.4 Å². The Kier molecular flexibility index (Phi) is 4.92. The van der Waals surface area contributed by atoms with Gasteiger partial charge in [0.05, 0.1) is 17.7 Å². The lowest BCUT2D eigenvalue weighted by molar-refractivity contribution is 0.0601. The summed E-state index contributed by atoms with van der Waals surface area (Å²) < 4.78 is 4.75. The number of nitrogens with one attached hydrogen (secondary N) is 1. The molecule has 2 unspecified atom stereocenters. The normalized spacial score (nSPS) is 26.1. The van der Waals surface area contributed by atoms with Crippen molar-refractivity contribution in [3.63, 3.8) is 0 Å². The van der Waals surface area contributed by atoms with Crippen LogP contribution in [0.1, 0.15) is 43.5 Å². The van der Waals surface area contributed by atoms with E-state index in [2.05, 4.69) is 19.2 Å². The monoisotopic (exact) mass is 295 g/mol. The zero-order valence-corrected chi connectivity index (χ0v) is 13.0. The van der Waals surface area contributed by atoms with Gasteiger partial charge in [0.2, 0.25) is 0 Å². The SMILES string of the molecule is COC(=O)c1cc(NC2CC(C)CC(C)C2)ccc1Cl. The van der Waals surface area contributed by atoms with Crippen LogP contribution in [0.5, 0.6) is 0 Å². The molecule has 0 heterocycles. The Balaban J connectivity index is 2.11. The summed E-state index contributed by atoms with van der Waals surface area (Å²) in [6.45, 7) is 4.60. The minimum Gasteiger partial charge on any atom is -0.465 e. The number of carbonyl (C=O) groups excluding carboxylic acids is 1. The molecule has 20 heavy (non-hydrogen) atoms. The second-order valence-electron chi connectivity index (χ2n) is 5.94. The Morgan fingerprint density at radius 1 is 1.25 bits per heavy atom. The van der Waals surface area contributed by atoms with Gasteiger partial charge in [-0.3, -0.25) is 0 Å². The highest BCUT2D eigenvalue weighted by molar-refractivity contribution is 6.33. The second-order valence-corrected chi connectivity index (χ2v) is 6.35. The smallest absolute Gasteiger partial charge is 0.339 e. The molecule has 0 radical (unpaired) electrons. The molecule has 1 N–H and O–H groups in total. The largest absolute Gasteiger partial charge is 0.465 e. The number of hydrogen-bond acceptors (Lipinski definition) is 3. The van der Waals surface area contributed by atoms with Crippen LogP contribution in [-0.2, 0) is 4.74 Å². The van der Waals surface area contributed by atoms with Crippen LogP contribution >= 0.6 is 11.6 Å². The molecule has 0 saturated heterocycles. The number of methoxy groups -OCH3 is 1. The van der Waals surface area contributed by atoms with Gasteiger partial charge >= 0.3 is 5.97 Å². The first-order chi connectivity index (χ1) is 9.49. The van der Waals surface area contributed by atoms with Gasteiger partial charge in [-0.1, -0.05) is 25.4 Å². The van der Waals surface area contributed by atoms with E-state index < -0.39 is 5.97 Å². The molecule has 2 rings (SSSR count). The van der Waals surface area contributed by atoms with E-state index in [1.807, 2.05) is 6.07 Å². The van der Waals surface area contributed by atoms with Crippen LogP contribution in [0.25, 0.3) is 0 Å². The van der Waals surface area contributed by atoms with Crippen molar-refractivity contribution in [2.45, 2.75) is 39.2 Å². The number of esters is 1. The predicted octanol–water partition coefficient (Wildman–Crippen LogP) is 4.36. The summed E-state index contributed by atoms with van der Waals surface area (Å²) in [6, 6.07) is 5.89. The van der Waals surface area contributed by atoms with Crippen LogP contribution in [0.4, 0.5) is 5.69 Å². The minimum atomic E-state index is -0.399. The van der Waals surface area contributed by atoms with Gasteiger partial charge in [0, 0.05) is 11.7 Å². The minimum absolute atomic E-state index is 0.399. The molecule has 4 heteroatoms. The Morgan fingerprint density at radius 2 is 1.90 bits per heavy atom. The Bertz CT molecular complexity index is 479. The fraction of sp³-hybridized carbons (Fsp3) is 0.562. The van der Waals surface area contributed by atoms with E-state index in [0.29, 0.717) is 16.6 Å². The van der Waals surface area contributed by atoms with Crippen molar-refractivity contribution in [3.05, 3.63) is 28.8 Å². The average Bonchev–Trinajstić information content (AvgIpc) is 2.39. The Labute approximate surface area is 125 Å². The molecule has 1 saturated carbocycles. The Hall–Kier alpha value is -1.22. The molecule has 0 spiro atoms. The topological polar surface area (TPSA) is 38.3 Å². The molecule has 0 bridgehead atoms. The first-order valence-corrected chi connectivity index (χ1v) is 7.51. The number of ether oxygens (including phenoxy) is 1. The van der Waals surface area contributed by atoms with E-state index in [0.717, 1.165) is 17.5 Å². The quantitative estimate of drug-likeness (QED) is 0.842. The third-order valence-corrected chi connectivity index (χ3v) is 4.25. The van der Waals surface area contributed by atoms with Gasteiger partial charge in [0.1, 0.15) is 0 Å². The first-order valence-electron chi connectivity index (χ1n) is 7.14. The van der Waals surface area contributed by atoms with Crippen molar-refractivity contribution >= 4 is 23.3 Å². The molecule has 1 fully saturated rings. The summed E-state index contributed by atoms with van der Waals surface area (Å²) in [5, 5.41) is 3.95. The summed E-state index contributed by atoms with van der Waals surface area (Å²) >= 11 is 6.03. The highest BCUT2D eigenvalue weighted by atomic mass is 35.5. The molecule has 3 nitrogen and oxygen atoms in total. The zero-order valence-electron chi connectivity index (χ0n) is 12.3. The lowest BCUT2D eigenvalue weighted by Crippen LogP contribution is -2.30. The van der Waals surface area contributed by atoms with Crippen molar-refractivity contribution in [1.82, 2.24) is 0 Å². The average molecular weight is 296 g/mol. The van der Waals surface area contributed by atoms with Crippen molar-refractivity contribution in [3.8, 4) is 0 Å². The van der Waals surface area contributed by atoms with E-state index in [1.165, 1.54) is 26.4 Å². The van der Waals surface area contributed by atoms with Gasteiger partial charge in [-0.25, -0.2) is 4.79 Å². The van der Waals surface area contributed by atoms with Crippen LogP contribution in [0, 0.1) is 11.8 Å². The van der Waals surface area contributed by atoms with Gasteiger partial charge in [0.25, 0.3) is 0 Å². The third-order valence-electron chi connectivity index (χ3n) is 3.92. The van der Waals surface area contributed by atoms with Crippen LogP contribution in [0.3, 0.4) is 0 Å². The summed E-state index contributed by atoms with van der Waals surface area (Å²) in [7, 11) is 1.36. The Morgan fingerprint density at radius 3 is 2.50 bits per heavy atom. The first kappa shape index (κ1) is 15.2. The zero-order chi connectivity index (χ0) is 14.7. The van der Waals surface area contributed by atoms with Crippen LogP contribution in [0.2, 0.25) is 5.02 Å². The van der Waals surface area contributed by atoms with Gasteiger partial charge < -0.3 is 10.1 Å². The molecule has 0 aromatic heterocycles. The summed E-state index contributed by atoms with van der Waals surface area (Å²) in [4.78, 5) is 11.6. The molecule has 110 valence electrons. The fourth-order valence-corrected chi connectivity index (χ4v) is 3.38. The number of benzene rings is 1. The maximum atomic E-state index is 11.6. The lowest BCUT2D eigenvalue weighted by Gasteiger charge is -2.32. The van der Waals surface area contributed by atoms with E-state index in [9.17, 15) is 4.79 Å². The van der Waals surface area contributed by atoms with Crippen LogP contribution < -0.4 is 5.32 Å². The maximum absolute atomic E-state index is 11.6. The standard InChI is InChI=1S/C16H22ClNO2/c1-10-6-11(2)8-13(7-10)18-12-4-5-15(17)14(9-12)16(19)20-3/h4-5,9-11,13,18H,6-8H2,1-3H3. The highest BCUT2D eigenvalue weighted by Crippen LogP contribution is 2.31. The van der Waals surface area contributed by atoms with E-state index >= 15 is 0 Å². The molecule has 0 aliphatic heterocycles. The number of halogens is 1. The number of carbonyl (C=O) groups is 1. The van der Waals surface area contributed by atoms with Gasteiger partial charge in [-0.15, -0.1) is 0 Å². The summed E-state index contributed by atoms with van der Waals surface area (Å²) in [6.07, 6.45) is 3.63. The fourth-order valence-electron chi connectivity index (χ4n) is 3.18. The molecule has 2 atom stereocenters. The third kappa shape index (κ3) is 3.66. The molecule has 0 amide bonds. The molecular formula is C16H22ClNO2. The van der Waals surface area contributed by atoms with Crippen molar-refractivity contribution in [2.24, 2.45) is 11.8 Å². The predicted molar refractivity (Wildman–Crippen MR) is 82.4 cm³/mol. The van der Waals surface area contributed by atoms with E-state index in [1.54, 1.807) is 12.1 Å². The number of rotatable bonds is 3. The second kappa shape index (κ2) is 6.49. The van der Waals surface area contributed by atoms with E-state index in [-0.39, 0.29) is 0 Å². The van der Waals surface area contributed by atoms with Crippen molar-refractivity contribution in [1.29, 1.82) is 0 Å². The highest BCUT2D eigenvalue weighted by Gasteiger charge is 2.24. The number of hydrogen-bond donors (Lipinski definition) is 1. The van der Waals surface area contributed by atoms with Gasteiger partial charge in [0.15, 0.2) is 0 Å². The summed E-state index contributed by atoms with van der Waals surface area (Å²) in [5.41, 5.74) is 1.34. The molecule has 1 aliphatic carbocycles. The van der Waals surface area contributed by atoms with Crippen molar-refractivity contribution < 1.29 is 9.53 Å². The summed E-state index contributed by atoms with van der Waals surface area (Å²) in [5.74, 6) is 1.08. The van der Waals surface area contributed by atoms with Crippen LogP contribution in [-0.4, -0.2) is 19.1 Å². The van der Waals surface area contributed by atoms with E-state index in [4.69, 9.17) is 16.3 Å². The maximum Gasteiger partial charge on any atom is 0.339 e.